The molecule has 1 aromatic heterocycles. The summed E-state index contributed by atoms with van der Waals surface area (Å²) >= 11 is 0. The van der Waals surface area contributed by atoms with Crippen molar-refractivity contribution in [1.29, 1.82) is 0 Å². The van der Waals surface area contributed by atoms with Gasteiger partial charge in [0, 0.05) is 12.6 Å². The maximum atomic E-state index is 11.0. The minimum absolute atomic E-state index is 0.181. The molecule has 0 aliphatic carbocycles. The van der Waals surface area contributed by atoms with E-state index in [1.165, 1.54) is 13.3 Å². The number of pyridine rings is 1. The zero-order valence-electron chi connectivity index (χ0n) is 8.73. The monoisotopic (exact) mass is 210 g/mol. The molecule has 0 saturated heterocycles. The average molecular weight is 210 g/mol. The highest BCUT2D eigenvalue weighted by Crippen LogP contribution is 2.11. The van der Waals surface area contributed by atoms with E-state index in [0.29, 0.717) is 5.82 Å². The first kappa shape index (κ1) is 11.5. The quantitative estimate of drug-likeness (QED) is 0.688. The summed E-state index contributed by atoms with van der Waals surface area (Å²) in [5, 5.41) is 9.40. The predicted octanol–water partition coefficient (Wildman–Crippen LogP) is 0.0486. The van der Waals surface area contributed by atoms with Crippen LogP contribution < -0.4 is 5.73 Å². The number of carbonyl (C=O) groups excluding carboxylic acids is 1. The SMILES string of the molecule is COC(=O)C(O)Cc1cnc(N)c(C)c1. The highest BCUT2D eigenvalue weighted by Gasteiger charge is 2.16. The molecule has 15 heavy (non-hydrogen) atoms. The third kappa shape index (κ3) is 2.92. The number of nitrogens with two attached hydrogens (primary N) is 1. The van der Waals surface area contributed by atoms with Crippen LogP contribution in [0.5, 0.6) is 0 Å². The van der Waals surface area contributed by atoms with Gasteiger partial charge in [0.1, 0.15) is 5.82 Å². The second-order valence-electron chi connectivity index (χ2n) is 3.29. The van der Waals surface area contributed by atoms with Gasteiger partial charge in [-0.05, 0) is 18.1 Å². The fraction of sp³-hybridized carbons (Fsp3) is 0.400. The molecule has 0 spiro atoms. The van der Waals surface area contributed by atoms with Gasteiger partial charge in [0.05, 0.1) is 7.11 Å². The fourth-order valence-corrected chi connectivity index (χ4v) is 1.20. The van der Waals surface area contributed by atoms with E-state index < -0.39 is 12.1 Å². The van der Waals surface area contributed by atoms with E-state index in [1.54, 1.807) is 6.07 Å². The predicted molar refractivity (Wildman–Crippen MR) is 55.1 cm³/mol. The third-order valence-electron chi connectivity index (χ3n) is 2.08. The molecule has 1 heterocycles. The highest BCUT2D eigenvalue weighted by molar-refractivity contribution is 5.74. The minimum Gasteiger partial charge on any atom is -0.467 e. The molecule has 0 fully saturated rings. The van der Waals surface area contributed by atoms with Gasteiger partial charge in [-0.1, -0.05) is 6.07 Å². The van der Waals surface area contributed by atoms with Gasteiger partial charge < -0.3 is 15.6 Å². The van der Waals surface area contributed by atoms with Gasteiger partial charge in [0.2, 0.25) is 0 Å². The normalized spacial score (nSPS) is 12.2. The molecule has 3 N–H and O–H groups in total. The molecule has 0 radical (unpaired) electrons. The van der Waals surface area contributed by atoms with Crippen molar-refractivity contribution < 1.29 is 14.6 Å². The van der Waals surface area contributed by atoms with Crippen LogP contribution >= 0.6 is 0 Å². The molecule has 5 nitrogen and oxygen atoms in total. The van der Waals surface area contributed by atoms with Gasteiger partial charge in [0.15, 0.2) is 6.10 Å². The van der Waals surface area contributed by atoms with E-state index in [1.807, 2.05) is 6.92 Å². The summed E-state index contributed by atoms with van der Waals surface area (Å²) in [7, 11) is 1.23. The number of hydrogen-bond donors (Lipinski definition) is 2. The largest absolute Gasteiger partial charge is 0.467 e. The van der Waals surface area contributed by atoms with E-state index >= 15 is 0 Å². The van der Waals surface area contributed by atoms with Gasteiger partial charge >= 0.3 is 5.97 Å². The lowest BCUT2D eigenvalue weighted by atomic mass is 10.1. The number of nitrogens with zero attached hydrogens (tertiary/aromatic N) is 1. The van der Waals surface area contributed by atoms with Crippen molar-refractivity contribution in [1.82, 2.24) is 4.98 Å². The van der Waals surface area contributed by atoms with Gasteiger partial charge in [-0.2, -0.15) is 0 Å². The maximum absolute atomic E-state index is 11.0. The summed E-state index contributed by atoms with van der Waals surface area (Å²) in [6.07, 6.45) is 0.565. The van der Waals surface area contributed by atoms with Crippen LogP contribution in [0.3, 0.4) is 0 Å². The van der Waals surface area contributed by atoms with E-state index in [4.69, 9.17) is 5.73 Å². The van der Waals surface area contributed by atoms with E-state index in [0.717, 1.165) is 11.1 Å². The second-order valence-corrected chi connectivity index (χ2v) is 3.29. The first-order valence-electron chi connectivity index (χ1n) is 4.51. The Morgan fingerprint density at radius 1 is 1.73 bits per heavy atom. The molecular weight excluding hydrogens is 196 g/mol. The maximum Gasteiger partial charge on any atom is 0.335 e. The second kappa shape index (κ2) is 4.75. The van der Waals surface area contributed by atoms with Crippen molar-refractivity contribution in [2.24, 2.45) is 0 Å². The summed E-state index contributed by atoms with van der Waals surface area (Å²) in [5.41, 5.74) is 7.11. The molecule has 0 amide bonds. The molecule has 1 unspecified atom stereocenters. The summed E-state index contributed by atoms with van der Waals surface area (Å²) in [4.78, 5) is 14.9. The Kier molecular flexibility index (Phi) is 3.62. The highest BCUT2D eigenvalue weighted by atomic mass is 16.5. The van der Waals surface area contributed by atoms with Crippen molar-refractivity contribution in [2.75, 3.05) is 12.8 Å². The van der Waals surface area contributed by atoms with Gasteiger partial charge in [-0.3, -0.25) is 0 Å². The van der Waals surface area contributed by atoms with Crippen LogP contribution in [0.2, 0.25) is 0 Å². The summed E-state index contributed by atoms with van der Waals surface area (Å²) in [6, 6.07) is 1.79. The summed E-state index contributed by atoms with van der Waals surface area (Å²) < 4.78 is 4.40. The smallest absolute Gasteiger partial charge is 0.335 e. The molecule has 0 aliphatic heterocycles. The van der Waals surface area contributed by atoms with Gasteiger partial charge in [-0.25, -0.2) is 9.78 Å². The Labute approximate surface area is 87.9 Å². The number of carbonyl (C=O) groups is 1. The van der Waals surface area contributed by atoms with Crippen LogP contribution in [0.4, 0.5) is 5.82 Å². The topological polar surface area (TPSA) is 85.4 Å². The lowest BCUT2D eigenvalue weighted by Gasteiger charge is -2.08. The molecule has 5 heteroatoms. The number of ether oxygens (including phenoxy) is 1. The van der Waals surface area contributed by atoms with Crippen LogP contribution in [-0.4, -0.2) is 29.3 Å². The fourth-order valence-electron chi connectivity index (χ4n) is 1.20. The molecule has 1 rings (SSSR count). The van der Waals surface area contributed by atoms with Crippen LogP contribution in [0.25, 0.3) is 0 Å². The van der Waals surface area contributed by atoms with Crippen LogP contribution in [-0.2, 0) is 16.0 Å². The van der Waals surface area contributed by atoms with Crippen LogP contribution in [0.1, 0.15) is 11.1 Å². The number of aromatic nitrogens is 1. The molecule has 1 aromatic rings. The number of esters is 1. The first-order valence-corrected chi connectivity index (χ1v) is 4.51. The standard InChI is InChI=1S/C10H14N2O3/c1-6-3-7(5-12-9(6)11)4-8(13)10(14)15-2/h3,5,8,13H,4H2,1-2H3,(H2,11,12). The lowest BCUT2D eigenvalue weighted by Crippen LogP contribution is -2.24. The van der Waals surface area contributed by atoms with Crippen LogP contribution in [0.15, 0.2) is 12.3 Å². The van der Waals surface area contributed by atoms with E-state index in [-0.39, 0.29) is 6.42 Å². The number of aliphatic hydroxyl groups excluding tert-OH is 1. The Hall–Kier alpha value is -1.62. The van der Waals surface area contributed by atoms with Crippen molar-refractivity contribution in [2.45, 2.75) is 19.4 Å². The van der Waals surface area contributed by atoms with E-state index in [2.05, 4.69) is 9.72 Å². The molecule has 0 aromatic carbocycles. The van der Waals surface area contributed by atoms with Crippen molar-refractivity contribution in [3.8, 4) is 0 Å². The molecule has 82 valence electrons. The number of anilines is 1. The summed E-state index contributed by atoms with van der Waals surface area (Å²) in [5.74, 6) is -0.198. The Bertz CT molecular complexity index is 366. The molecule has 1 atom stereocenters. The Morgan fingerprint density at radius 3 is 2.93 bits per heavy atom. The van der Waals surface area contributed by atoms with Crippen molar-refractivity contribution >= 4 is 11.8 Å². The average Bonchev–Trinajstić information content (AvgIpc) is 2.22. The van der Waals surface area contributed by atoms with Crippen molar-refractivity contribution in [3.05, 3.63) is 23.4 Å². The number of hydrogen-bond acceptors (Lipinski definition) is 5. The Morgan fingerprint density at radius 2 is 2.40 bits per heavy atom. The molecule has 0 bridgehead atoms. The molecule has 0 aliphatic rings. The zero-order valence-corrected chi connectivity index (χ0v) is 8.73. The number of nitrogen functional groups attached to an aromatic ring is 1. The van der Waals surface area contributed by atoms with Gasteiger partial charge in [0.25, 0.3) is 0 Å². The number of aliphatic hydroxyl groups is 1. The van der Waals surface area contributed by atoms with Crippen LogP contribution in [0, 0.1) is 6.92 Å². The molecule has 0 saturated carbocycles. The number of rotatable bonds is 3. The molecular formula is C10H14N2O3. The van der Waals surface area contributed by atoms with Gasteiger partial charge in [-0.15, -0.1) is 0 Å². The minimum atomic E-state index is -1.15. The number of aryl methyl sites for hydroxylation is 1. The Balaban J connectivity index is 2.73. The van der Waals surface area contributed by atoms with Crippen molar-refractivity contribution in [3.63, 3.8) is 0 Å². The first-order chi connectivity index (χ1) is 7.04. The lowest BCUT2D eigenvalue weighted by molar-refractivity contribution is -0.150. The number of methoxy groups -OCH3 is 1. The van der Waals surface area contributed by atoms with E-state index in [9.17, 15) is 9.90 Å². The summed E-state index contributed by atoms with van der Waals surface area (Å²) in [6.45, 7) is 1.82. The zero-order chi connectivity index (χ0) is 11.4. The third-order valence-corrected chi connectivity index (χ3v) is 2.08.